The molecule has 0 bridgehead atoms. The summed E-state index contributed by atoms with van der Waals surface area (Å²) in [6.45, 7) is 0. The zero-order valence-electron chi connectivity index (χ0n) is 12.8. The quantitative estimate of drug-likeness (QED) is 0.721. The average Bonchev–Trinajstić information content (AvgIpc) is 2.97. The third kappa shape index (κ3) is 4.27. The molecule has 1 aromatic rings. The highest BCUT2D eigenvalue weighted by molar-refractivity contribution is 5.85. The van der Waals surface area contributed by atoms with Crippen molar-refractivity contribution in [2.24, 2.45) is 11.7 Å². The summed E-state index contributed by atoms with van der Waals surface area (Å²) < 4.78 is 83.3. The van der Waals surface area contributed by atoms with Gasteiger partial charge < -0.3 is 10.5 Å². The summed E-state index contributed by atoms with van der Waals surface area (Å²) in [6, 6.07) is -0.308. The van der Waals surface area contributed by atoms with Gasteiger partial charge in [0.05, 0.1) is 18.2 Å². The van der Waals surface area contributed by atoms with E-state index in [0.29, 0.717) is 18.9 Å². The summed E-state index contributed by atoms with van der Waals surface area (Å²) in [6.07, 6.45) is -6.83. The van der Waals surface area contributed by atoms with Gasteiger partial charge in [-0.15, -0.1) is 12.4 Å². The Labute approximate surface area is 141 Å². The van der Waals surface area contributed by atoms with E-state index in [1.807, 2.05) is 0 Å². The van der Waals surface area contributed by atoms with Gasteiger partial charge in [0, 0.05) is 11.6 Å². The summed E-state index contributed by atoms with van der Waals surface area (Å²) in [4.78, 5) is 0. The first-order valence-corrected chi connectivity index (χ1v) is 7.17. The summed E-state index contributed by atoms with van der Waals surface area (Å²) in [5.74, 6) is -0.659. The monoisotopic (exact) mass is 377 g/mol. The van der Waals surface area contributed by atoms with Crippen molar-refractivity contribution in [3.8, 4) is 5.75 Å². The van der Waals surface area contributed by atoms with Gasteiger partial charge in [-0.25, -0.2) is 0 Å². The van der Waals surface area contributed by atoms with Crippen molar-refractivity contribution >= 4 is 12.4 Å². The van der Waals surface area contributed by atoms with Gasteiger partial charge in [0.25, 0.3) is 0 Å². The Morgan fingerprint density at radius 2 is 1.58 bits per heavy atom. The van der Waals surface area contributed by atoms with E-state index in [-0.39, 0.29) is 30.0 Å². The minimum atomic E-state index is -4.94. The Morgan fingerprint density at radius 3 is 2.00 bits per heavy atom. The van der Waals surface area contributed by atoms with E-state index < -0.39 is 35.3 Å². The molecule has 2 N–H and O–H groups in total. The largest absolute Gasteiger partial charge is 0.496 e. The fraction of sp³-hybridized carbons (Fsp3) is 0.600. The Hall–Kier alpha value is -1.15. The lowest BCUT2D eigenvalue weighted by atomic mass is 9.87. The number of hydrogen-bond acceptors (Lipinski definition) is 2. The molecule has 0 amide bonds. The maximum absolute atomic E-state index is 13.3. The van der Waals surface area contributed by atoms with Crippen molar-refractivity contribution in [2.45, 2.75) is 44.1 Å². The van der Waals surface area contributed by atoms with Crippen molar-refractivity contribution in [3.63, 3.8) is 0 Å². The maximum atomic E-state index is 13.3. The number of rotatable bonds is 3. The van der Waals surface area contributed by atoms with E-state index in [0.717, 1.165) is 20.0 Å². The van der Waals surface area contributed by atoms with Crippen molar-refractivity contribution in [1.82, 2.24) is 0 Å². The second kappa shape index (κ2) is 7.39. The van der Waals surface area contributed by atoms with E-state index >= 15 is 0 Å². The molecule has 0 spiro atoms. The van der Waals surface area contributed by atoms with Gasteiger partial charge in [-0.2, -0.15) is 26.3 Å². The fourth-order valence-electron chi connectivity index (χ4n) is 3.09. The molecule has 0 heterocycles. The summed E-state index contributed by atoms with van der Waals surface area (Å²) in [7, 11) is 1.04. The Bertz CT molecular complexity index is 566. The Morgan fingerprint density at radius 1 is 1.04 bits per heavy atom. The van der Waals surface area contributed by atoms with E-state index in [4.69, 9.17) is 10.5 Å². The molecule has 1 aromatic carbocycles. The average molecular weight is 378 g/mol. The zero-order valence-corrected chi connectivity index (χ0v) is 13.6. The number of hydrogen-bond donors (Lipinski definition) is 1. The number of ether oxygens (including phenoxy) is 1. The topological polar surface area (TPSA) is 35.2 Å². The van der Waals surface area contributed by atoms with Crippen molar-refractivity contribution in [2.75, 3.05) is 7.11 Å². The van der Waals surface area contributed by atoms with Gasteiger partial charge >= 0.3 is 12.4 Å². The predicted octanol–water partition coefficient (Wildman–Crippen LogP) is 5.34. The van der Waals surface area contributed by atoms with Crippen LogP contribution in [0.1, 0.15) is 48.4 Å². The van der Waals surface area contributed by atoms with Crippen LogP contribution in [-0.2, 0) is 12.4 Å². The first kappa shape index (κ1) is 20.9. The van der Waals surface area contributed by atoms with Crippen LogP contribution in [0.4, 0.5) is 26.3 Å². The van der Waals surface area contributed by atoms with Crippen LogP contribution >= 0.6 is 12.4 Å². The molecule has 0 saturated heterocycles. The van der Waals surface area contributed by atoms with E-state index in [2.05, 4.69) is 0 Å². The number of nitrogens with two attached hydrogens (primary N) is 1. The molecule has 2 rings (SSSR count). The molecule has 2 nitrogen and oxygen atoms in total. The number of benzene rings is 1. The molecule has 1 fully saturated rings. The molecule has 1 aliphatic rings. The number of methoxy groups -OCH3 is 1. The van der Waals surface area contributed by atoms with Crippen LogP contribution in [0, 0.1) is 5.92 Å². The Balaban J connectivity index is 0.00000288. The van der Waals surface area contributed by atoms with Crippen LogP contribution in [0.2, 0.25) is 0 Å². The molecule has 24 heavy (non-hydrogen) atoms. The van der Waals surface area contributed by atoms with Crippen LogP contribution in [0.3, 0.4) is 0 Å². The molecule has 0 unspecified atom stereocenters. The molecule has 9 heteroatoms. The van der Waals surface area contributed by atoms with Crippen LogP contribution in [0.25, 0.3) is 0 Å². The van der Waals surface area contributed by atoms with Gasteiger partial charge in [-0.1, -0.05) is 12.8 Å². The standard InChI is InChI=1S/C15H17F6NO.ClH/c1-23-11-7-9(14(16,17)18)6-10(15(19,20)21)12(11)13(22)8-4-2-3-5-8;/h6-8,13H,2-5,22H2,1H3;1H/t13-;/m1./s1. The molecule has 1 aliphatic carbocycles. The van der Waals surface area contributed by atoms with Gasteiger partial charge in [-0.3, -0.25) is 0 Å². The molecule has 0 aliphatic heterocycles. The maximum Gasteiger partial charge on any atom is 0.416 e. The molecule has 1 atom stereocenters. The van der Waals surface area contributed by atoms with Crippen LogP contribution < -0.4 is 10.5 Å². The number of halogens is 7. The van der Waals surface area contributed by atoms with Crippen molar-refractivity contribution < 1.29 is 31.1 Å². The summed E-state index contributed by atoms with van der Waals surface area (Å²) >= 11 is 0. The van der Waals surface area contributed by atoms with Crippen LogP contribution in [0.5, 0.6) is 5.75 Å². The zero-order chi connectivity index (χ0) is 17.4. The predicted molar refractivity (Wildman–Crippen MR) is 79.1 cm³/mol. The normalized spacial score (nSPS) is 17.5. The molecular formula is C15H18ClF6NO. The molecule has 1 saturated carbocycles. The van der Waals surface area contributed by atoms with Crippen molar-refractivity contribution in [1.29, 1.82) is 0 Å². The Kier molecular flexibility index (Phi) is 6.43. The summed E-state index contributed by atoms with van der Waals surface area (Å²) in [5.41, 5.74) is 2.81. The second-order valence-electron chi connectivity index (χ2n) is 5.71. The third-order valence-electron chi connectivity index (χ3n) is 4.24. The van der Waals surface area contributed by atoms with Crippen LogP contribution in [0.15, 0.2) is 12.1 Å². The van der Waals surface area contributed by atoms with Crippen LogP contribution in [-0.4, -0.2) is 7.11 Å². The molecule has 138 valence electrons. The third-order valence-corrected chi connectivity index (χ3v) is 4.24. The highest BCUT2D eigenvalue weighted by atomic mass is 35.5. The molecule has 0 aromatic heterocycles. The van der Waals surface area contributed by atoms with Gasteiger partial charge in [0.2, 0.25) is 0 Å². The van der Waals surface area contributed by atoms with E-state index in [9.17, 15) is 26.3 Å². The van der Waals surface area contributed by atoms with Gasteiger partial charge in [-0.05, 0) is 30.9 Å². The number of alkyl halides is 6. The lowest BCUT2D eigenvalue weighted by molar-refractivity contribution is -0.143. The second-order valence-corrected chi connectivity index (χ2v) is 5.71. The summed E-state index contributed by atoms with van der Waals surface area (Å²) in [5, 5.41) is 0. The van der Waals surface area contributed by atoms with Crippen molar-refractivity contribution in [3.05, 3.63) is 28.8 Å². The SMILES string of the molecule is COc1cc(C(F)(F)F)cc(C(F)(F)F)c1[C@H](N)C1CCCC1.Cl. The van der Waals surface area contributed by atoms with Gasteiger partial charge in [0.1, 0.15) is 5.75 Å². The molecular weight excluding hydrogens is 360 g/mol. The fourth-order valence-corrected chi connectivity index (χ4v) is 3.09. The smallest absolute Gasteiger partial charge is 0.416 e. The van der Waals surface area contributed by atoms with E-state index in [1.165, 1.54) is 0 Å². The lowest BCUT2D eigenvalue weighted by Gasteiger charge is -2.26. The van der Waals surface area contributed by atoms with E-state index in [1.54, 1.807) is 0 Å². The molecule has 0 radical (unpaired) electrons. The minimum absolute atomic E-state index is 0. The highest BCUT2D eigenvalue weighted by Crippen LogP contribution is 2.46. The first-order valence-electron chi connectivity index (χ1n) is 7.17. The lowest BCUT2D eigenvalue weighted by Crippen LogP contribution is -2.25. The first-order chi connectivity index (χ1) is 10.6. The highest BCUT2D eigenvalue weighted by Gasteiger charge is 2.42. The minimum Gasteiger partial charge on any atom is -0.496 e. The van der Waals surface area contributed by atoms with Gasteiger partial charge in [0.15, 0.2) is 0 Å².